The molecule has 0 saturated heterocycles. The van der Waals surface area contributed by atoms with Crippen LogP contribution in [-0.4, -0.2) is 45.1 Å². The molecule has 4 amide bonds. The summed E-state index contributed by atoms with van der Waals surface area (Å²) in [4.78, 5) is 49.1. The molecule has 3 aliphatic rings. The van der Waals surface area contributed by atoms with Crippen LogP contribution in [0.2, 0.25) is 0 Å². The summed E-state index contributed by atoms with van der Waals surface area (Å²) in [6, 6.07) is 13.3. The number of urea groups is 1. The first kappa shape index (κ1) is 24.9. The van der Waals surface area contributed by atoms with E-state index in [2.05, 4.69) is 32.5 Å². The topological polar surface area (TPSA) is 126 Å². The largest absolute Gasteiger partial charge is 0.456 e. The average molecular weight is 543 g/mol. The number of anilines is 2. The Kier molecular flexibility index (Phi) is 6.65. The molecule has 0 bridgehead atoms. The van der Waals surface area contributed by atoms with Gasteiger partial charge in [0.1, 0.15) is 27.6 Å². The lowest BCUT2D eigenvalue weighted by molar-refractivity contribution is -0.122. The maximum Gasteiger partial charge on any atom is 0.328 e. The van der Waals surface area contributed by atoms with Gasteiger partial charge in [-0.15, -0.1) is 0 Å². The van der Waals surface area contributed by atoms with E-state index in [0.717, 1.165) is 24.8 Å². The van der Waals surface area contributed by atoms with Crippen molar-refractivity contribution in [3.05, 3.63) is 79.1 Å². The van der Waals surface area contributed by atoms with E-state index in [1.807, 2.05) is 30.3 Å². The second kappa shape index (κ2) is 10.4. The molecular formula is C28H26N6O4S. The van der Waals surface area contributed by atoms with E-state index in [0.29, 0.717) is 28.0 Å². The Labute approximate surface area is 229 Å². The maximum atomic E-state index is 13.4. The minimum atomic E-state index is -0.592. The van der Waals surface area contributed by atoms with Crippen molar-refractivity contribution in [1.82, 2.24) is 25.9 Å². The van der Waals surface area contributed by atoms with Crippen molar-refractivity contribution in [2.24, 2.45) is 0 Å². The molecule has 6 rings (SSSR count). The third kappa shape index (κ3) is 4.81. The van der Waals surface area contributed by atoms with Crippen molar-refractivity contribution in [3.63, 3.8) is 0 Å². The third-order valence-corrected chi connectivity index (χ3v) is 8.34. The number of aromatic nitrogens is 2. The third-order valence-electron chi connectivity index (χ3n) is 7.05. The van der Waals surface area contributed by atoms with E-state index in [-0.39, 0.29) is 29.9 Å². The van der Waals surface area contributed by atoms with Crippen LogP contribution in [0, 0.1) is 0 Å². The minimum Gasteiger partial charge on any atom is -0.456 e. The molecule has 11 heteroatoms. The van der Waals surface area contributed by atoms with Crippen molar-refractivity contribution >= 4 is 41.1 Å². The number of hydrogen-bond acceptors (Lipinski definition) is 7. The second-order valence-electron chi connectivity index (χ2n) is 9.48. The van der Waals surface area contributed by atoms with E-state index in [1.165, 1.54) is 22.7 Å². The van der Waals surface area contributed by atoms with Crippen LogP contribution >= 0.6 is 11.8 Å². The number of carbonyl (C=O) groups excluding carboxylic acids is 3. The van der Waals surface area contributed by atoms with Gasteiger partial charge in [-0.05, 0) is 55.7 Å². The van der Waals surface area contributed by atoms with Crippen molar-refractivity contribution in [2.75, 3.05) is 4.90 Å². The van der Waals surface area contributed by atoms with Gasteiger partial charge in [0.25, 0.3) is 0 Å². The van der Waals surface area contributed by atoms with Crippen LogP contribution in [0.4, 0.5) is 16.3 Å². The standard InChI is InChI=1S/C28H26N6O4S/c1-2-22(35)31-18-9-6-10-19(18)32-26(36)25-24-23-20(13-14-29-27(23)39-25)34(28(37)33-24)21-12-11-17(15-30-21)38-16-7-4-3-5-8-16/h2-5,7-8,11-15,18-19,24-25H,1,6,9-10H2,(H,31,35)(H,32,36)(H,33,37)/t18-,19+,24?,25?/m0/s1. The summed E-state index contributed by atoms with van der Waals surface area (Å²) in [5.74, 6) is 1.19. The molecule has 4 atom stereocenters. The van der Waals surface area contributed by atoms with Crippen LogP contribution in [0.25, 0.3) is 0 Å². The van der Waals surface area contributed by atoms with Crippen LogP contribution in [0.5, 0.6) is 11.5 Å². The van der Waals surface area contributed by atoms with Gasteiger partial charge < -0.3 is 20.7 Å². The number of amides is 4. The summed E-state index contributed by atoms with van der Waals surface area (Å²) in [5, 5.41) is 9.10. The first-order valence-electron chi connectivity index (χ1n) is 12.7. The van der Waals surface area contributed by atoms with Crippen molar-refractivity contribution < 1.29 is 19.1 Å². The van der Waals surface area contributed by atoms with Gasteiger partial charge in [0.2, 0.25) is 11.8 Å². The number of para-hydroxylation sites is 1. The van der Waals surface area contributed by atoms with E-state index in [9.17, 15) is 14.4 Å². The van der Waals surface area contributed by atoms with Gasteiger partial charge in [0.15, 0.2) is 0 Å². The molecule has 3 N–H and O–H groups in total. The Morgan fingerprint density at radius 1 is 1.05 bits per heavy atom. The van der Waals surface area contributed by atoms with Crippen molar-refractivity contribution in [2.45, 2.75) is 47.7 Å². The maximum absolute atomic E-state index is 13.4. The average Bonchev–Trinajstić information content (AvgIpc) is 3.54. The number of benzene rings is 1. The predicted octanol–water partition coefficient (Wildman–Crippen LogP) is 3.99. The molecule has 2 aliphatic heterocycles. The van der Waals surface area contributed by atoms with Crippen LogP contribution in [-0.2, 0) is 9.59 Å². The molecule has 1 saturated carbocycles. The molecule has 1 fully saturated rings. The number of nitrogens with zero attached hydrogens (tertiary/aromatic N) is 3. The van der Waals surface area contributed by atoms with E-state index >= 15 is 0 Å². The normalized spacial score (nSPS) is 23.0. The fourth-order valence-corrected chi connectivity index (χ4v) is 6.49. The fourth-order valence-electron chi connectivity index (χ4n) is 5.25. The lowest BCUT2D eigenvalue weighted by Crippen LogP contribution is -2.53. The van der Waals surface area contributed by atoms with Crippen LogP contribution < -0.4 is 25.6 Å². The number of rotatable bonds is 7. The molecule has 1 aromatic carbocycles. The SMILES string of the molecule is C=CC(=O)N[C@H]1CCC[C@H]1NC(=O)C1Sc2nccc3c2C1NC(=O)N3c1ccc(Oc2ccccc2)cn1. The summed E-state index contributed by atoms with van der Waals surface area (Å²) < 4.78 is 5.83. The van der Waals surface area contributed by atoms with E-state index in [4.69, 9.17) is 4.74 Å². The molecule has 39 heavy (non-hydrogen) atoms. The van der Waals surface area contributed by atoms with Crippen LogP contribution in [0.15, 0.2) is 78.6 Å². The molecule has 1 aliphatic carbocycles. The Hall–Kier alpha value is -4.38. The quantitative estimate of drug-likeness (QED) is 0.386. The van der Waals surface area contributed by atoms with Crippen LogP contribution in [0.1, 0.15) is 30.9 Å². The van der Waals surface area contributed by atoms with Gasteiger partial charge in [-0.25, -0.2) is 19.7 Å². The van der Waals surface area contributed by atoms with Crippen molar-refractivity contribution in [1.29, 1.82) is 0 Å². The number of nitrogens with one attached hydrogen (secondary N) is 3. The number of thioether (sulfide) groups is 1. The molecule has 0 radical (unpaired) electrons. The summed E-state index contributed by atoms with van der Waals surface area (Å²) in [7, 11) is 0. The number of pyridine rings is 2. The van der Waals surface area contributed by atoms with Gasteiger partial charge in [0.05, 0.1) is 17.9 Å². The Balaban J connectivity index is 1.21. The molecule has 2 aromatic heterocycles. The molecule has 198 valence electrons. The summed E-state index contributed by atoms with van der Waals surface area (Å²) in [6.07, 6.45) is 6.88. The summed E-state index contributed by atoms with van der Waals surface area (Å²) in [6.45, 7) is 3.50. The van der Waals surface area contributed by atoms with Gasteiger partial charge >= 0.3 is 6.03 Å². The molecule has 2 unspecified atom stereocenters. The number of hydrogen-bond donors (Lipinski definition) is 3. The highest BCUT2D eigenvalue weighted by atomic mass is 32.2. The lowest BCUT2D eigenvalue weighted by atomic mass is 10.00. The number of carbonyl (C=O) groups is 3. The van der Waals surface area contributed by atoms with Gasteiger partial charge in [-0.2, -0.15) is 0 Å². The van der Waals surface area contributed by atoms with E-state index in [1.54, 1.807) is 30.6 Å². The molecule has 4 heterocycles. The van der Waals surface area contributed by atoms with Gasteiger partial charge in [-0.3, -0.25) is 9.59 Å². The Morgan fingerprint density at radius 2 is 1.85 bits per heavy atom. The zero-order valence-corrected chi connectivity index (χ0v) is 21.7. The number of ether oxygens (including phenoxy) is 1. The van der Waals surface area contributed by atoms with Gasteiger partial charge in [-0.1, -0.05) is 36.5 Å². The van der Waals surface area contributed by atoms with E-state index < -0.39 is 11.3 Å². The Morgan fingerprint density at radius 3 is 2.59 bits per heavy atom. The smallest absolute Gasteiger partial charge is 0.328 e. The predicted molar refractivity (Wildman–Crippen MR) is 146 cm³/mol. The monoisotopic (exact) mass is 542 g/mol. The summed E-state index contributed by atoms with van der Waals surface area (Å²) in [5.41, 5.74) is 1.43. The Bertz CT molecular complexity index is 1430. The lowest BCUT2D eigenvalue weighted by Gasteiger charge is -2.33. The molecule has 3 aromatic rings. The first-order valence-corrected chi connectivity index (χ1v) is 13.6. The van der Waals surface area contributed by atoms with Gasteiger partial charge in [0, 0.05) is 23.8 Å². The van der Waals surface area contributed by atoms with Crippen LogP contribution in [0.3, 0.4) is 0 Å². The second-order valence-corrected chi connectivity index (χ2v) is 10.6. The zero-order valence-electron chi connectivity index (χ0n) is 20.9. The highest BCUT2D eigenvalue weighted by Crippen LogP contribution is 2.50. The zero-order chi connectivity index (χ0) is 26.9. The molecule has 0 spiro atoms. The fraction of sp³-hybridized carbons (Fsp3) is 0.250. The van der Waals surface area contributed by atoms with Crippen molar-refractivity contribution in [3.8, 4) is 11.5 Å². The first-order chi connectivity index (χ1) is 19.0. The summed E-state index contributed by atoms with van der Waals surface area (Å²) >= 11 is 1.33. The highest BCUT2D eigenvalue weighted by molar-refractivity contribution is 8.01. The molecular weight excluding hydrogens is 516 g/mol. The molecule has 10 nitrogen and oxygen atoms in total. The minimum absolute atomic E-state index is 0.154. The highest BCUT2D eigenvalue weighted by Gasteiger charge is 2.47.